The molecule has 136 valence electrons. The maximum absolute atomic E-state index is 11.6. The minimum Gasteiger partial charge on any atom is -0.502 e. The van der Waals surface area contributed by atoms with Gasteiger partial charge in [-0.1, -0.05) is 12.1 Å². The Balaban J connectivity index is 2.12. The summed E-state index contributed by atoms with van der Waals surface area (Å²) in [7, 11) is 0. The van der Waals surface area contributed by atoms with Crippen molar-refractivity contribution in [2.75, 3.05) is 5.32 Å². The smallest absolute Gasteiger partial charge is 0.335 e. The monoisotopic (exact) mass is 366 g/mol. The summed E-state index contributed by atoms with van der Waals surface area (Å²) in [6, 6.07) is 11.0. The van der Waals surface area contributed by atoms with Gasteiger partial charge in [0.25, 0.3) is 10.9 Å². The number of aromatic hydroxyl groups is 1. The molecule has 0 aromatic heterocycles. The predicted molar refractivity (Wildman–Crippen MR) is 100 cm³/mol. The third-order valence-electron chi connectivity index (χ3n) is 3.97. The number of hydrogen-bond donors (Lipinski definition) is 5. The summed E-state index contributed by atoms with van der Waals surface area (Å²) < 4.78 is 0. The van der Waals surface area contributed by atoms with E-state index in [-0.39, 0.29) is 17.1 Å². The number of carboxylic acid groups (broad SMARTS) is 1. The van der Waals surface area contributed by atoms with Crippen molar-refractivity contribution < 1.29 is 15.0 Å². The van der Waals surface area contributed by atoms with Crippen molar-refractivity contribution in [3.63, 3.8) is 0 Å². The van der Waals surface area contributed by atoms with Gasteiger partial charge in [0.2, 0.25) is 0 Å². The van der Waals surface area contributed by atoms with Crippen molar-refractivity contribution in [3.05, 3.63) is 74.0 Å². The first-order valence-corrected chi connectivity index (χ1v) is 7.63. The number of rotatable bonds is 5. The topological polar surface area (TPSA) is 168 Å². The lowest BCUT2D eigenvalue weighted by molar-refractivity contribution is 0.0697. The van der Waals surface area contributed by atoms with Gasteiger partial charge in [0, 0.05) is 11.3 Å². The number of carboxylic acids is 1. The number of carbonyl (C=O) groups is 1. The van der Waals surface area contributed by atoms with Crippen LogP contribution in [0.5, 0.6) is 5.75 Å². The van der Waals surface area contributed by atoms with E-state index in [1.165, 1.54) is 18.2 Å². The molecule has 27 heavy (non-hydrogen) atoms. The second-order valence-electron chi connectivity index (χ2n) is 5.71. The van der Waals surface area contributed by atoms with Gasteiger partial charge in [0.05, 0.1) is 5.56 Å². The van der Waals surface area contributed by atoms with Crippen LogP contribution < -0.4 is 27.8 Å². The summed E-state index contributed by atoms with van der Waals surface area (Å²) in [6.07, 6.45) is 0. The summed E-state index contributed by atoms with van der Waals surface area (Å²) in [5, 5.41) is 24.8. The number of nitrogens with zero attached hydrogens (tertiary/aromatic N) is 1. The molecule has 0 aliphatic heterocycles. The number of nitrogens with two attached hydrogens (primary N) is 2. The van der Waals surface area contributed by atoms with E-state index in [0.717, 1.165) is 0 Å². The lowest BCUT2D eigenvalue weighted by Gasteiger charge is -2.13. The van der Waals surface area contributed by atoms with Gasteiger partial charge in [-0.2, -0.15) is 5.10 Å². The Bertz CT molecular complexity index is 1160. The molecule has 0 amide bonds. The highest BCUT2D eigenvalue weighted by Gasteiger charge is 2.20. The van der Waals surface area contributed by atoms with Crippen molar-refractivity contribution in [1.29, 1.82) is 0 Å². The van der Waals surface area contributed by atoms with Gasteiger partial charge in [0.1, 0.15) is 11.5 Å². The zero-order valence-electron chi connectivity index (χ0n) is 13.8. The van der Waals surface area contributed by atoms with Crippen molar-refractivity contribution in [1.82, 2.24) is 0 Å². The van der Waals surface area contributed by atoms with Crippen molar-refractivity contribution in [2.45, 2.75) is 0 Å². The van der Waals surface area contributed by atoms with Crippen molar-refractivity contribution >= 4 is 23.2 Å². The molecule has 0 unspecified atom stereocenters. The van der Waals surface area contributed by atoms with E-state index >= 15 is 0 Å². The molecule has 9 nitrogen and oxygen atoms in total. The van der Waals surface area contributed by atoms with Gasteiger partial charge in [-0.3, -0.25) is 9.59 Å². The van der Waals surface area contributed by atoms with Crippen LogP contribution in [-0.2, 0) is 0 Å². The number of anilines is 2. The molecule has 3 aromatic carbocycles. The first-order chi connectivity index (χ1) is 12.8. The van der Waals surface area contributed by atoms with Gasteiger partial charge < -0.3 is 27.1 Å². The average molecular weight is 366 g/mol. The van der Waals surface area contributed by atoms with E-state index < -0.39 is 22.6 Å². The fraction of sp³-hybridized carbons (Fsp3) is 0. The molecular weight excluding hydrogens is 352 g/mol. The summed E-state index contributed by atoms with van der Waals surface area (Å²) in [6.45, 7) is 0. The van der Waals surface area contributed by atoms with Gasteiger partial charge in [-0.25, -0.2) is 4.79 Å². The van der Waals surface area contributed by atoms with Gasteiger partial charge in [-0.15, -0.1) is 0 Å². The standard InChI is InChI=1S/C18H14N4O5/c19-17(22-20)11-5-10(8-2-1-3-9(4-8)18(26)27)6-12(7-11)21-13-14(23)16(25)15(13)24/h1-7,21,23H,20H2,(H2,19,22)(H,26,27). The number of hydrogen-bond acceptors (Lipinski definition) is 7. The highest BCUT2D eigenvalue weighted by molar-refractivity contribution is 6.00. The van der Waals surface area contributed by atoms with Crippen LogP contribution in [0, 0.1) is 0 Å². The summed E-state index contributed by atoms with van der Waals surface area (Å²) in [4.78, 5) is 33.9. The molecular formula is C18H14N4O5. The molecule has 0 saturated carbocycles. The molecule has 3 aromatic rings. The van der Waals surface area contributed by atoms with Crippen LogP contribution in [0.3, 0.4) is 0 Å². The van der Waals surface area contributed by atoms with E-state index in [1.54, 1.807) is 24.3 Å². The largest absolute Gasteiger partial charge is 0.502 e. The minimum absolute atomic E-state index is 0.00324. The van der Waals surface area contributed by atoms with Crippen LogP contribution >= 0.6 is 0 Å². The quantitative estimate of drug-likeness (QED) is 0.144. The van der Waals surface area contributed by atoms with E-state index in [4.69, 9.17) is 16.7 Å². The third kappa shape index (κ3) is 3.21. The van der Waals surface area contributed by atoms with E-state index in [0.29, 0.717) is 22.4 Å². The summed E-state index contributed by atoms with van der Waals surface area (Å²) in [5.74, 6) is 3.49. The Morgan fingerprint density at radius 2 is 1.70 bits per heavy atom. The normalized spacial score (nSPS) is 11.5. The molecule has 3 rings (SSSR count). The number of nitrogens with one attached hydrogen (secondary N) is 1. The lowest BCUT2D eigenvalue weighted by Crippen LogP contribution is -2.32. The Kier molecular flexibility index (Phi) is 4.34. The second-order valence-corrected chi connectivity index (χ2v) is 5.71. The highest BCUT2D eigenvalue weighted by Crippen LogP contribution is 2.29. The first kappa shape index (κ1) is 17.7. The lowest BCUT2D eigenvalue weighted by atomic mass is 9.99. The Labute approximate surface area is 151 Å². The predicted octanol–water partition coefficient (Wildman–Crippen LogP) is 0.676. The highest BCUT2D eigenvalue weighted by atomic mass is 16.4. The summed E-state index contributed by atoms with van der Waals surface area (Å²) in [5.41, 5.74) is 5.67. The van der Waals surface area contributed by atoms with Crippen LogP contribution in [0.15, 0.2) is 57.2 Å². The minimum atomic E-state index is -1.08. The molecule has 0 saturated heterocycles. The van der Waals surface area contributed by atoms with E-state index in [9.17, 15) is 19.5 Å². The number of aromatic carboxylic acids is 1. The van der Waals surface area contributed by atoms with Crippen LogP contribution in [-0.4, -0.2) is 22.0 Å². The number of benzene rings is 2. The molecule has 0 bridgehead atoms. The third-order valence-corrected chi connectivity index (χ3v) is 3.97. The zero-order chi connectivity index (χ0) is 19.7. The Morgan fingerprint density at radius 3 is 2.33 bits per heavy atom. The maximum Gasteiger partial charge on any atom is 0.335 e. The molecule has 0 radical (unpaired) electrons. The number of amidine groups is 1. The molecule has 0 spiro atoms. The fourth-order valence-corrected chi connectivity index (χ4v) is 2.56. The van der Waals surface area contributed by atoms with Crippen LogP contribution in [0.1, 0.15) is 15.9 Å². The first-order valence-electron chi connectivity index (χ1n) is 7.63. The summed E-state index contributed by atoms with van der Waals surface area (Å²) >= 11 is 0. The fourth-order valence-electron chi connectivity index (χ4n) is 2.56. The van der Waals surface area contributed by atoms with E-state index in [2.05, 4.69) is 10.4 Å². The molecule has 0 heterocycles. The molecule has 0 atom stereocenters. The molecule has 0 fully saturated rings. The van der Waals surface area contributed by atoms with Crippen LogP contribution in [0.25, 0.3) is 11.1 Å². The Hall–Kier alpha value is -4.14. The van der Waals surface area contributed by atoms with Gasteiger partial charge >= 0.3 is 5.97 Å². The second kappa shape index (κ2) is 6.64. The maximum atomic E-state index is 11.6. The SMILES string of the molecule is N/N=C(\N)c1cc(Nc2c(O)c(=O)c2=O)cc(-c2cccc(C(=O)O)c2)c1. The van der Waals surface area contributed by atoms with Crippen LogP contribution in [0.2, 0.25) is 0 Å². The van der Waals surface area contributed by atoms with Crippen molar-refractivity contribution in [3.8, 4) is 16.9 Å². The van der Waals surface area contributed by atoms with Gasteiger partial charge in [0.15, 0.2) is 5.75 Å². The number of hydrazone groups is 1. The zero-order valence-corrected chi connectivity index (χ0v) is 13.8. The molecule has 0 aliphatic carbocycles. The van der Waals surface area contributed by atoms with Gasteiger partial charge in [-0.05, 0) is 41.5 Å². The molecule has 9 heteroatoms. The van der Waals surface area contributed by atoms with Crippen molar-refractivity contribution in [2.24, 2.45) is 16.7 Å². The molecule has 0 aliphatic rings. The molecule has 7 N–H and O–H groups in total. The Morgan fingerprint density at radius 1 is 1.00 bits per heavy atom. The van der Waals surface area contributed by atoms with E-state index in [1.807, 2.05) is 0 Å². The van der Waals surface area contributed by atoms with Crippen LogP contribution in [0.4, 0.5) is 11.4 Å². The average Bonchev–Trinajstić information content (AvgIpc) is 2.70.